The Morgan fingerprint density at radius 2 is 2.18 bits per heavy atom. The number of carbonyl (C=O) groups is 2. The van der Waals surface area contributed by atoms with E-state index in [4.69, 9.17) is 5.11 Å². The number of aryl methyl sites for hydroxylation is 1. The van der Waals surface area contributed by atoms with Crippen LogP contribution in [0.15, 0.2) is 24.4 Å². The average molecular weight is 392 g/mol. The van der Waals surface area contributed by atoms with Crippen molar-refractivity contribution >= 4 is 12.0 Å². The number of carboxylic acids is 1. The molecule has 28 heavy (non-hydrogen) atoms. The lowest BCUT2D eigenvalue weighted by molar-refractivity contribution is -0.141. The van der Waals surface area contributed by atoms with E-state index in [9.17, 15) is 18.4 Å². The number of carboxylic acid groups (broad SMARTS) is 1. The molecule has 1 aliphatic heterocycles. The lowest BCUT2D eigenvalue weighted by Crippen LogP contribution is -2.47. The highest BCUT2D eigenvalue weighted by molar-refractivity contribution is 5.76. The summed E-state index contributed by atoms with van der Waals surface area (Å²) in [5, 5.41) is 11.9. The molecule has 1 aromatic heterocycles. The maximum Gasteiger partial charge on any atom is 0.317 e. The van der Waals surface area contributed by atoms with Gasteiger partial charge < -0.3 is 19.9 Å². The minimum absolute atomic E-state index is 0.109. The summed E-state index contributed by atoms with van der Waals surface area (Å²) in [6.07, 6.45) is 2.96. The predicted octanol–water partition coefficient (Wildman–Crippen LogP) is 2.51. The first kappa shape index (κ1) is 19.8. The Balaban J connectivity index is 1.65. The van der Waals surface area contributed by atoms with Crippen molar-refractivity contribution in [1.82, 2.24) is 19.8 Å². The third-order valence-electron chi connectivity index (χ3n) is 4.84. The summed E-state index contributed by atoms with van der Waals surface area (Å²) >= 11 is 0. The van der Waals surface area contributed by atoms with E-state index in [0.29, 0.717) is 25.1 Å². The van der Waals surface area contributed by atoms with Crippen molar-refractivity contribution in [2.75, 3.05) is 13.6 Å². The van der Waals surface area contributed by atoms with E-state index in [1.807, 2.05) is 4.57 Å². The second-order valence-corrected chi connectivity index (χ2v) is 7.12. The fourth-order valence-corrected chi connectivity index (χ4v) is 3.25. The van der Waals surface area contributed by atoms with E-state index in [1.165, 1.54) is 17.0 Å². The summed E-state index contributed by atoms with van der Waals surface area (Å²) in [7, 11) is 1.55. The molecule has 2 aromatic rings. The number of carbonyl (C=O) groups excluding carboxylic acids is 1. The predicted molar refractivity (Wildman–Crippen MR) is 97.6 cm³/mol. The summed E-state index contributed by atoms with van der Waals surface area (Å²) in [4.78, 5) is 29.0. The molecule has 0 spiro atoms. The zero-order chi connectivity index (χ0) is 20.4. The molecule has 3 rings (SSSR count). The van der Waals surface area contributed by atoms with Crippen molar-refractivity contribution in [2.45, 2.75) is 32.4 Å². The number of aromatic nitrogens is 2. The quantitative estimate of drug-likeness (QED) is 0.819. The number of rotatable bonds is 5. The van der Waals surface area contributed by atoms with Gasteiger partial charge in [0, 0.05) is 50.4 Å². The van der Waals surface area contributed by atoms with Crippen LogP contribution in [0.5, 0.6) is 0 Å². The number of urea groups is 1. The molecule has 2 amide bonds. The molecule has 2 N–H and O–H groups in total. The minimum atomic E-state index is -0.957. The zero-order valence-electron chi connectivity index (χ0n) is 15.7. The van der Waals surface area contributed by atoms with Crippen molar-refractivity contribution < 1.29 is 23.5 Å². The number of aliphatic carboxylic acids is 1. The third kappa shape index (κ3) is 4.29. The van der Waals surface area contributed by atoms with Gasteiger partial charge in [-0.15, -0.1) is 0 Å². The average Bonchev–Trinajstić information content (AvgIpc) is 3.04. The maximum atomic E-state index is 14.0. The Bertz CT molecular complexity index is 899. The second kappa shape index (κ2) is 7.95. The molecular formula is C19H22F2N4O3. The Morgan fingerprint density at radius 3 is 2.86 bits per heavy atom. The molecule has 0 saturated carbocycles. The van der Waals surface area contributed by atoms with E-state index in [1.54, 1.807) is 20.2 Å². The molecule has 0 bridgehead atoms. The number of nitrogens with one attached hydrogen (secondary N) is 1. The van der Waals surface area contributed by atoms with Crippen LogP contribution in [0, 0.1) is 17.6 Å². The Labute approximate surface area is 161 Å². The van der Waals surface area contributed by atoms with Gasteiger partial charge in [0.05, 0.1) is 11.6 Å². The van der Waals surface area contributed by atoms with Gasteiger partial charge >= 0.3 is 12.0 Å². The van der Waals surface area contributed by atoms with Crippen LogP contribution in [0.3, 0.4) is 0 Å². The van der Waals surface area contributed by atoms with Gasteiger partial charge in [-0.1, -0.05) is 6.92 Å². The number of imidazole rings is 1. The highest BCUT2D eigenvalue weighted by atomic mass is 19.1. The van der Waals surface area contributed by atoms with Gasteiger partial charge in [0.25, 0.3) is 0 Å². The molecule has 2 heterocycles. The van der Waals surface area contributed by atoms with E-state index in [-0.39, 0.29) is 24.2 Å². The van der Waals surface area contributed by atoms with Crippen LogP contribution in [0.4, 0.5) is 13.6 Å². The number of fused-ring (bicyclic) bond motifs is 1. The fraction of sp³-hybridized carbons (Fsp3) is 0.421. The topological polar surface area (TPSA) is 87.5 Å². The fourth-order valence-electron chi connectivity index (χ4n) is 3.25. The van der Waals surface area contributed by atoms with Crippen molar-refractivity contribution in [2.24, 2.45) is 5.92 Å². The zero-order valence-corrected chi connectivity index (χ0v) is 15.7. The Kier molecular flexibility index (Phi) is 5.62. The number of hydrogen-bond donors (Lipinski definition) is 2. The molecule has 2 unspecified atom stereocenters. The van der Waals surface area contributed by atoms with Crippen LogP contribution < -0.4 is 5.32 Å². The molecular weight excluding hydrogens is 370 g/mol. The van der Waals surface area contributed by atoms with Crippen LogP contribution in [-0.2, 0) is 17.8 Å². The lowest BCUT2D eigenvalue weighted by atomic mass is 10.1. The molecule has 9 heteroatoms. The van der Waals surface area contributed by atoms with Gasteiger partial charge in [-0.05, 0) is 18.6 Å². The summed E-state index contributed by atoms with van der Waals surface area (Å²) in [5.74, 6) is -2.16. The van der Waals surface area contributed by atoms with E-state index < -0.39 is 23.5 Å². The molecule has 2 atom stereocenters. The second-order valence-electron chi connectivity index (χ2n) is 7.12. The van der Waals surface area contributed by atoms with Crippen LogP contribution in [0.1, 0.15) is 19.2 Å². The Morgan fingerprint density at radius 1 is 1.43 bits per heavy atom. The number of hydrogen-bond acceptors (Lipinski definition) is 3. The molecule has 1 aromatic carbocycles. The monoisotopic (exact) mass is 392 g/mol. The highest BCUT2D eigenvalue weighted by Gasteiger charge is 2.25. The first-order valence-electron chi connectivity index (χ1n) is 9.00. The molecule has 1 aliphatic rings. The van der Waals surface area contributed by atoms with Crippen molar-refractivity contribution in [3.05, 3.63) is 41.9 Å². The normalized spacial score (nSPS) is 16.9. The van der Waals surface area contributed by atoms with E-state index in [2.05, 4.69) is 10.3 Å². The van der Waals surface area contributed by atoms with Gasteiger partial charge in [-0.3, -0.25) is 4.79 Å². The summed E-state index contributed by atoms with van der Waals surface area (Å²) in [5.41, 5.74) is 0.651. The molecule has 0 fully saturated rings. The van der Waals surface area contributed by atoms with Crippen LogP contribution in [0.25, 0.3) is 11.3 Å². The van der Waals surface area contributed by atoms with Crippen molar-refractivity contribution in [3.8, 4) is 11.3 Å². The lowest BCUT2D eigenvalue weighted by Gasteiger charge is -2.27. The first-order valence-corrected chi connectivity index (χ1v) is 9.00. The van der Waals surface area contributed by atoms with Crippen LogP contribution >= 0.6 is 0 Å². The van der Waals surface area contributed by atoms with Gasteiger partial charge in [-0.25, -0.2) is 18.6 Å². The smallest absolute Gasteiger partial charge is 0.317 e. The molecule has 0 saturated heterocycles. The first-order chi connectivity index (χ1) is 13.2. The maximum absolute atomic E-state index is 14.0. The van der Waals surface area contributed by atoms with Crippen LogP contribution in [0.2, 0.25) is 0 Å². The largest absolute Gasteiger partial charge is 0.481 e. The molecule has 7 nitrogen and oxygen atoms in total. The third-order valence-corrected chi connectivity index (χ3v) is 4.84. The summed E-state index contributed by atoms with van der Waals surface area (Å²) in [6, 6.07) is 2.88. The van der Waals surface area contributed by atoms with Gasteiger partial charge in [0.2, 0.25) is 0 Å². The number of benzene rings is 1. The molecule has 150 valence electrons. The van der Waals surface area contributed by atoms with E-state index in [0.717, 1.165) is 11.9 Å². The van der Waals surface area contributed by atoms with Gasteiger partial charge in [0.1, 0.15) is 17.5 Å². The Hall–Kier alpha value is -2.97. The highest BCUT2D eigenvalue weighted by Crippen LogP contribution is 2.25. The molecule has 0 radical (unpaired) electrons. The summed E-state index contributed by atoms with van der Waals surface area (Å²) < 4.78 is 29.0. The van der Waals surface area contributed by atoms with Crippen molar-refractivity contribution in [1.29, 1.82) is 0 Å². The van der Waals surface area contributed by atoms with Gasteiger partial charge in [-0.2, -0.15) is 0 Å². The minimum Gasteiger partial charge on any atom is -0.481 e. The standard InChI is InChI=1S/C19H22F2N4O3/c1-11(18(26)27)8-24(2)19(28)22-13-4-6-17-23-16(10-25(17)9-13)14-5-3-12(20)7-15(14)21/h3,5,7,10-11,13H,4,6,8-9H2,1-2H3,(H,22,28)(H,26,27). The number of nitrogens with zero attached hydrogens (tertiary/aromatic N) is 3. The molecule has 0 aliphatic carbocycles. The summed E-state index contributed by atoms with van der Waals surface area (Å²) in [6.45, 7) is 2.12. The van der Waals surface area contributed by atoms with E-state index >= 15 is 0 Å². The SMILES string of the molecule is CC(CN(C)C(=O)NC1CCc2nc(-c3ccc(F)cc3F)cn2C1)C(=O)O. The van der Waals surface area contributed by atoms with Gasteiger partial charge in [0.15, 0.2) is 0 Å². The number of amides is 2. The van der Waals surface area contributed by atoms with Crippen LogP contribution in [-0.4, -0.2) is 51.2 Å². The van der Waals surface area contributed by atoms with Crippen molar-refractivity contribution in [3.63, 3.8) is 0 Å². The number of halogens is 2.